The number of aryl methyl sites for hydroxylation is 1. The molecule has 0 spiro atoms. The van der Waals surface area contributed by atoms with Crippen LogP contribution < -0.4 is 5.32 Å². The molecular formula is C22H27N3O. The van der Waals surface area contributed by atoms with Crippen LogP contribution in [0.1, 0.15) is 67.6 Å². The van der Waals surface area contributed by atoms with Crippen LogP contribution in [0.4, 0.5) is 0 Å². The average molecular weight is 349 g/mol. The first kappa shape index (κ1) is 18.3. The van der Waals surface area contributed by atoms with Crippen molar-refractivity contribution in [2.24, 2.45) is 0 Å². The summed E-state index contributed by atoms with van der Waals surface area (Å²) in [4.78, 5) is 4.59. The van der Waals surface area contributed by atoms with Gasteiger partial charge < -0.3 is 4.52 Å². The number of nitrogens with zero attached hydrogens (tertiary/aromatic N) is 2. The van der Waals surface area contributed by atoms with Gasteiger partial charge in [-0.05, 0) is 29.0 Å². The van der Waals surface area contributed by atoms with E-state index in [0.717, 1.165) is 24.9 Å². The van der Waals surface area contributed by atoms with Crippen LogP contribution in [0.2, 0.25) is 0 Å². The standard InChI is InChI=1S/C22H27N3O/c1-4-8-20-24-22(25-26-20)21(19-9-6-5-7-10-19)23-15-17-11-13-18(14-12-17)16(2)3/h5-7,9-14,16,21,23H,4,8,15H2,1-3H3. The molecular weight excluding hydrogens is 322 g/mol. The van der Waals surface area contributed by atoms with Gasteiger partial charge in [-0.25, -0.2) is 0 Å². The molecule has 0 aliphatic carbocycles. The minimum atomic E-state index is -0.0877. The molecule has 0 aliphatic rings. The summed E-state index contributed by atoms with van der Waals surface area (Å²) in [6.07, 6.45) is 1.80. The fraction of sp³-hybridized carbons (Fsp3) is 0.364. The summed E-state index contributed by atoms with van der Waals surface area (Å²) in [7, 11) is 0. The van der Waals surface area contributed by atoms with E-state index in [4.69, 9.17) is 4.52 Å². The van der Waals surface area contributed by atoms with E-state index in [2.05, 4.69) is 72.6 Å². The Balaban J connectivity index is 1.77. The molecule has 0 radical (unpaired) electrons. The first-order valence-corrected chi connectivity index (χ1v) is 9.37. The average Bonchev–Trinajstić information content (AvgIpc) is 3.12. The van der Waals surface area contributed by atoms with Gasteiger partial charge >= 0.3 is 0 Å². The third kappa shape index (κ3) is 4.58. The van der Waals surface area contributed by atoms with Gasteiger partial charge in [-0.3, -0.25) is 5.32 Å². The molecule has 0 saturated carbocycles. The lowest BCUT2D eigenvalue weighted by Crippen LogP contribution is -2.23. The van der Waals surface area contributed by atoms with Gasteiger partial charge in [-0.2, -0.15) is 4.98 Å². The smallest absolute Gasteiger partial charge is 0.226 e. The van der Waals surface area contributed by atoms with E-state index in [1.54, 1.807) is 0 Å². The van der Waals surface area contributed by atoms with Crippen LogP contribution in [-0.4, -0.2) is 10.1 Å². The fourth-order valence-electron chi connectivity index (χ4n) is 2.94. The van der Waals surface area contributed by atoms with Crippen molar-refractivity contribution in [2.75, 3.05) is 0 Å². The van der Waals surface area contributed by atoms with Gasteiger partial charge in [0.25, 0.3) is 0 Å². The molecule has 3 rings (SSSR count). The molecule has 1 aromatic heterocycles. The Kier molecular flexibility index (Phi) is 6.18. The highest BCUT2D eigenvalue weighted by atomic mass is 16.5. The Bertz CT molecular complexity index is 794. The van der Waals surface area contributed by atoms with Crippen molar-refractivity contribution in [1.82, 2.24) is 15.5 Å². The quantitative estimate of drug-likeness (QED) is 0.620. The second kappa shape index (κ2) is 8.77. The Labute approximate surface area is 155 Å². The van der Waals surface area contributed by atoms with Gasteiger partial charge in [0.15, 0.2) is 5.82 Å². The van der Waals surface area contributed by atoms with E-state index >= 15 is 0 Å². The largest absolute Gasteiger partial charge is 0.339 e. The normalized spacial score (nSPS) is 12.5. The Morgan fingerprint density at radius 3 is 2.35 bits per heavy atom. The number of hydrogen-bond acceptors (Lipinski definition) is 4. The molecule has 1 heterocycles. The topological polar surface area (TPSA) is 51.0 Å². The van der Waals surface area contributed by atoms with Crippen molar-refractivity contribution in [3.05, 3.63) is 83.0 Å². The maximum Gasteiger partial charge on any atom is 0.226 e. The van der Waals surface area contributed by atoms with E-state index in [1.165, 1.54) is 11.1 Å². The Morgan fingerprint density at radius 2 is 1.69 bits per heavy atom. The molecule has 0 amide bonds. The number of rotatable bonds is 8. The molecule has 0 aliphatic heterocycles. The SMILES string of the molecule is CCCc1nc(C(NCc2ccc(C(C)C)cc2)c2ccccc2)no1. The maximum absolute atomic E-state index is 5.40. The predicted octanol–water partition coefficient (Wildman–Crippen LogP) is 5.02. The summed E-state index contributed by atoms with van der Waals surface area (Å²) >= 11 is 0. The minimum Gasteiger partial charge on any atom is -0.339 e. The van der Waals surface area contributed by atoms with Crippen molar-refractivity contribution in [2.45, 2.75) is 52.1 Å². The monoisotopic (exact) mass is 349 g/mol. The lowest BCUT2D eigenvalue weighted by atomic mass is 10.0. The molecule has 3 aromatic rings. The van der Waals surface area contributed by atoms with Gasteiger partial charge in [0.2, 0.25) is 5.89 Å². The van der Waals surface area contributed by atoms with E-state index in [9.17, 15) is 0 Å². The highest BCUT2D eigenvalue weighted by Crippen LogP contribution is 2.21. The zero-order valence-electron chi connectivity index (χ0n) is 15.8. The third-order valence-corrected chi connectivity index (χ3v) is 4.50. The van der Waals surface area contributed by atoms with Gasteiger partial charge in [0.1, 0.15) is 0 Å². The summed E-state index contributed by atoms with van der Waals surface area (Å²) in [5.41, 5.74) is 3.73. The van der Waals surface area contributed by atoms with Crippen LogP contribution >= 0.6 is 0 Å². The van der Waals surface area contributed by atoms with Crippen molar-refractivity contribution in [3.8, 4) is 0 Å². The summed E-state index contributed by atoms with van der Waals surface area (Å²) in [5.74, 6) is 1.94. The number of nitrogens with one attached hydrogen (secondary N) is 1. The molecule has 26 heavy (non-hydrogen) atoms. The maximum atomic E-state index is 5.40. The molecule has 1 unspecified atom stereocenters. The van der Waals surface area contributed by atoms with Crippen LogP contribution in [0.15, 0.2) is 59.1 Å². The molecule has 0 saturated heterocycles. The van der Waals surface area contributed by atoms with E-state index in [1.807, 2.05) is 18.2 Å². The molecule has 0 bridgehead atoms. The van der Waals surface area contributed by atoms with E-state index in [-0.39, 0.29) is 6.04 Å². The first-order valence-electron chi connectivity index (χ1n) is 9.37. The molecule has 4 nitrogen and oxygen atoms in total. The van der Waals surface area contributed by atoms with E-state index in [0.29, 0.717) is 17.6 Å². The van der Waals surface area contributed by atoms with Crippen molar-refractivity contribution >= 4 is 0 Å². The van der Waals surface area contributed by atoms with Gasteiger partial charge in [0, 0.05) is 13.0 Å². The van der Waals surface area contributed by atoms with Gasteiger partial charge in [-0.1, -0.05) is 80.5 Å². The predicted molar refractivity (Wildman–Crippen MR) is 104 cm³/mol. The highest BCUT2D eigenvalue weighted by molar-refractivity contribution is 5.27. The first-order chi connectivity index (χ1) is 12.7. The van der Waals surface area contributed by atoms with Crippen LogP contribution in [0.3, 0.4) is 0 Å². The minimum absolute atomic E-state index is 0.0877. The van der Waals surface area contributed by atoms with Gasteiger partial charge in [0.05, 0.1) is 6.04 Å². The Morgan fingerprint density at radius 1 is 0.962 bits per heavy atom. The number of benzene rings is 2. The van der Waals surface area contributed by atoms with Crippen molar-refractivity contribution in [3.63, 3.8) is 0 Å². The second-order valence-electron chi connectivity index (χ2n) is 6.92. The third-order valence-electron chi connectivity index (χ3n) is 4.50. The van der Waals surface area contributed by atoms with Crippen LogP contribution in [0, 0.1) is 0 Å². The number of hydrogen-bond donors (Lipinski definition) is 1. The van der Waals surface area contributed by atoms with Gasteiger partial charge in [-0.15, -0.1) is 0 Å². The highest BCUT2D eigenvalue weighted by Gasteiger charge is 2.19. The fourth-order valence-corrected chi connectivity index (χ4v) is 2.94. The van der Waals surface area contributed by atoms with Crippen LogP contribution in [-0.2, 0) is 13.0 Å². The molecule has 2 aromatic carbocycles. The summed E-state index contributed by atoms with van der Waals surface area (Å²) in [6.45, 7) is 7.28. The Hall–Kier alpha value is -2.46. The summed E-state index contributed by atoms with van der Waals surface area (Å²) in [5, 5.41) is 7.80. The zero-order chi connectivity index (χ0) is 18.4. The number of aromatic nitrogens is 2. The van der Waals surface area contributed by atoms with Crippen molar-refractivity contribution < 1.29 is 4.52 Å². The second-order valence-corrected chi connectivity index (χ2v) is 6.92. The van der Waals surface area contributed by atoms with Crippen molar-refractivity contribution in [1.29, 1.82) is 0 Å². The lowest BCUT2D eigenvalue weighted by Gasteiger charge is -2.16. The summed E-state index contributed by atoms with van der Waals surface area (Å²) in [6, 6.07) is 19.0. The van der Waals surface area contributed by atoms with Crippen LogP contribution in [0.25, 0.3) is 0 Å². The molecule has 4 heteroatoms. The molecule has 136 valence electrons. The van der Waals surface area contributed by atoms with E-state index < -0.39 is 0 Å². The summed E-state index contributed by atoms with van der Waals surface area (Å²) < 4.78 is 5.40. The molecule has 0 fully saturated rings. The zero-order valence-corrected chi connectivity index (χ0v) is 15.8. The molecule has 1 N–H and O–H groups in total. The van der Waals surface area contributed by atoms with Crippen LogP contribution in [0.5, 0.6) is 0 Å². The molecule has 1 atom stereocenters. The lowest BCUT2D eigenvalue weighted by molar-refractivity contribution is 0.367.